The van der Waals surface area contributed by atoms with Crippen LogP contribution in [-0.2, 0) is 26.5 Å². The SMILES string of the molecule is [2H]c1c([2H])c([2H])c(-c2ccnc(-c3[c-]c(-c4cccc5c4nc(-c4ccccc4O)n5-c4ccc(-c5c(C([2H])(C)C)cccc5C([2H])(C)C)cc4)cc(C(C)(C)C)c3)c2)c([2H])c1[2H].[Pt]. The van der Waals surface area contributed by atoms with Gasteiger partial charge in [0, 0.05) is 41.4 Å². The number of hydrogen-bond donors (Lipinski definition) is 1. The van der Waals surface area contributed by atoms with Crippen LogP contribution in [0.4, 0.5) is 0 Å². The van der Waals surface area contributed by atoms with Crippen molar-refractivity contribution in [1.29, 1.82) is 0 Å². The summed E-state index contributed by atoms with van der Waals surface area (Å²) >= 11 is 0. The normalized spacial score (nSPS) is 13.8. The maximum Gasteiger partial charge on any atom is 0.148 e. The summed E-state index contributed by atoms with van der Waals surface area (Å²) in [5.41, 5.74) is 10.2. The van der Waals surface area contributed by atoms with Crippen LogP contribution in [0.5, 0.6) is 5.75 Å². The van der Waals surface area contributed by atoms with E-state index in [1.54, 1.807) is 30.5 Å². The van der Waals surface area contributed by atoms with E-state index in [1.165, 1.54) is 0 Å². The smallest absolute Gasteiger partial charge is 0.148 e. The number of benzene rings is 6. The molecule has 288 valence electrons. The zero-order chi connectivity index (χ0) is 45.3. The van der Waals surface area contributed by atoms with Crippen molar-refractivity contribution in [2.24, 2.45) is 0 Å². The van der Waals surface area contributed by atoms with E-state index in [0.29, 0.717) is 33.7 Å². The Bertz CT molecular complexity index is 3030. The predicted octanol–water partition coefficient (Wildman–Crippen LogP) is 13.8. The van der Waals surface area contributed by atoms with Gasteiger partial charge in [-0.3, -0.25) is 9.55 Å². The van der Waals surface area contributed by atoms with Crippen LogP contribution in [-0.4, -0.2) is 19.6 Å². The maximum atomic E-state index is 11.3. The zero-order valence-electron chi connectivity index (χ0n) is 40.1. The summed E-state index contributed by atoms with van der Waals surface area (Å²) in [5.74, 6) is -1.21. The van der Waals surface area contributed by atoms with Gasteiger partial charge in [0.25, 0.3) is 0 Å². The van der Waals surface area contributed by atoms with Crippen molar-refractivity contribution in [2.45, 2.75) is 65.7 Å². The number of phenols is 1. The molecule has 1 N–H and O–H groups in total. The number of fused-ring (bicyclic) bond motifs is 1. The van der Waals surface area contributed by atoms with Crippen LogP contribution in [0.1, 0.15) is 86.5 Å². The van der Waals surface area contributed by atoms with Crippen LogP contribution in [0.25, 0.3) is 72.7 Å². The Kier molecular flexibility index (Phi) is 8.91. The molecule has 0 amide bonds. The topological polar surface area (TPSA) is 50.9 Å². The Hall–Kier alpha value is -5.57. The van der Waals surface area contributed by atoms with Gasteiger partial charge in [-0.15, -0.1) is 29.3 Å². The van der Waals surface area contributed by atoms with Crippen LogP contribution in [0, 0.1) is 6.07 Å². The van der Waals surface area contributed by atoms with E-state index in [-0.39, 0.29) is 49.9 Å². The molecule has 8 aromatic rings. The first-order valence-electron chi connectivity index (χ1n) is 22.3. The number of aromatic hydroxyl groups is 1. The Morgan fingerprint density at radius 1 is 0.702 bits per heavy atom. The molecule has 0 fully saturated rings. The van der Waals surface area contributed by atoms with E-state index in [0.717, 1.165) is 50.1 Å². The number of rotatable bonds is 8. The summed E-state index contributed by atoms with van der Waals surface area (Å²) in [4.78, 5) is 9.98. The molecule has 2 aromatic heterocycles. The quantitative estimate of drug-likeness (QED) is 0.154. The van der Waals surface area contributed by atoms with E-state index in [4.69, 9.17) is 19.6 Å². The molecule has 0 atom stereocenters. The number of pyridine rings is 1. The summed E-state index contributed by atoms with van der Waals surface area (Å²) in [6.07, 6.45) is 1.58. The van der Waals surface area contributed by atoms with Crippen LogP contribution in [0.3, 0.4) is 0 Å². The molecule has 0 unspecified atom stereocenters. The van der Waals surface area contributed by atoms with Gasteiger partial charge in [-0.1, -0.05) is 150 Å². The van der Waals surface area contributed by atoms with Gasteiger partial charge in [0.2, 0.25) is 0 Å². The summed E-state index contributed by atoms with van der Waals surface area (Å²) in [6.45, 7) is 13.8. The van der Waals surface area contributed by atoms with E-state index >= 15 is 0 Å². The first-order valence-corrected chi connectivity index (χ1v) is 18.8. The van der Waals surface area contributed by atoms with Crippen molar-refractivity contribution < 1.29 is 35.8 Å². The molecular formula is C52H48N3OPt-. The second-order valence-electron chi connectivity index (χ2n) is 15.6. The van der Waals surface area contributed by atoms with E-state index in [1.807, 2.05) is 111 Å². The van der Waals surface area contributed by atoms with Gasteiger partial charge in [-0.25, -0.2) is 4.98 Å². The average Bonchev–Trinajstić information content (AvgIpc) is 3.63. The Morgan fingerprint density at radius 3 is 2.02 bits per heavy atom. The molecule has 0 aliphatic carbocycles. The third kappa shape index (κ3) is 7.76. The molecule has 0 saturated heterocycles. The molecular weight excluding hydrogens is 878 g/mol. The van der Waals surface area contributed by atoms with Crippen molar-refractivity contribution in [3.8, 4) is 67.5 Å². The Labute approximate surface area is 361 Å². The number of para-hydroxylation sites is 2. The molecule has 5 heteroatoms. The number of imidazole rings is 1. The number of phenolic OH excluding ortho intramolecular Hbond substituents is 1. The summed E-state index contributed by atoms with van der Waals surface area (Å²) in [5, 5.41) is 11.3. The minimum absolute atomic E-state index is 0. The summed E-state index contributed by atoms with van der Waals surface area (Å²) in [6, 6.07) is 36.4. The standard InChI is InChI=1S/C52H48N3O.Pt/c1-33(2)42-18-13-19-43(34(3)4)49(42)36-23-25-41(26-24-36)55-47-21-14-20-44(50(47)54-51(55)45-17-11-12-22-48(45)56)38-29-39(31-40(30-38)52(5,6)7)46-32-37(27-28-53-46)35-15-9-8-10-16-35;/h8-28,30-34,56H,1-7H3;/q-1;/i8D,9D,10D,15D,16D,33D,34D;. The van der Waals surface area contributed by atoms with Gasteiger partial charge in [-0.05, 0) is 87.0 Å². The van der Waals surface area contributed by atoms with Crippen LogP contribution in [0.2, 0.25) is 0 Å². The molecule has 0 aliphatic rings. The molecule has 0 spiro atoms. The second-order valence-corrected chi connectivity index (χ2v) is 15.6. The minimum Gasteiger partial charge on any atom is -0.507 e. The Balaban J connectivity index is 0.00000612. The van der Waals surface area contributed by atoms with E-state index < -0.39 is 29.9 Å². The largest absolute Gasteiger partial charge is 0.507 e. The van der Waals surface area contributed by atoms with E-state index in [9.17, 15) is 5.11 Å². The first kappa shape index (κ1) is 31.5. The Morgan fingerprint density at radius 2 is 1.35 bits per heavy atom. The van der Waals surface area contributed by atoms with Gasteiger partial charge >= 0.3 is 0 Å². The fraction of sp³-hybridized carbons (Fsp3) is 0.192. The number of hydrogen-bond acceptors (Lipinski definition) is 3. The average molecular weight is 933 g/mol. The molecule has 0 radical (unpaired) electrons. The molecule has 4 nitrogen and oxygen atoms in total. The molecule has 0 saturated carbocycles. The van der Waals surface area contributed by atoms with Crippen molar-refractivity contribution in [3.63, 3.8) is 0 Å². The van der Waals surface area contributed by atoms with Crippen LogP contribution >= 0.6 is 0 Å². The van der Waals surface area contributed by atoms with E-state index in [2.05, 4.69) is 32.9 Å². The number of nitrogens with zero attached hydrogens (tertiary/aromatic N) is 3. The van der Waals surface area contributed by atoms with Gasteiger partial charge in [0.05, 0.1) is 23.5 Å². The molecule has 6 aromatic carbocycles. The van der Waals surface area contributed by atoms with Crippen LogP contribution < -0.4 is 0 Å². The monoisotopic (exact) mass is 932 g/mol. The third-order valence-electron chi connectivity index (χ3n) is 10.2. The third-order valence-corrected chi connectivity index (χ3v) is 10.2. The van der Waals surface area contributed by atoms with Gasteiger partial charge in [-0.2, -0.15) is 0 Å². The fourth-order valence-electron chi connectivity index (χ4n) is 7.31. The van der Waals surface area contributed by atoms with Gasteiger partial charge in [0.15, 0.2) is 0 Å². The predicted molar refractivity (Wildman–Crippen MR) is 233 cm³/mol. The maximum absolute atomic E-state index is 11.3. The summed E-state index contributed by atoms with van der Waals surface area (Å²) < 4.78 is 61.9. The van der Waals surface area contributed by atoms with Crippen LogP contribution in [0.15, 0.2) is 146 Å². The fourth-order valence-corrected chi connectivity index (χ4v) is 7.31. The van der Waals surface area contributed by atoms with Gasteiger partial charge in [0.1, 0.15) is 11.6 Å². The molecule has 2 heterocycles. The second kappa shape index (κ2) is 16.1. The summed E-state index contributed by atoms with van der Waals surface area (Å²) in [7, 11) is 0. The van der Waals surface area contributed by atoms with Crippen molar-refractivity contribution >= 4 is 11.0 Å². The zero-order valence-corrected chi connectivity index (χ0v) is 35.3. The van der Waals surface area contributed by atoms with Crippen molar-refractivity contribution in [1.82, 2.24) is 14.5 Å². The molecule has 0 bridgehead atoms. The molecule has 0 aliphatic heterocycles. The molecule has 57 heavy (non-hydrogen) atoms. The van der Waals surface area contributed by atoms with Crippen molar-refractivity contribution in [2.75, 3.05) is 0 Å². The minimum atomic E-state index is -0.908. The van der Waals surface area contributed by atoms with Gasteiger partial charge < -0.3 is 5.11 Å². The first-order chi connectivity index (χ1) is 29.6. The molecule has 8 rings (SSSR count). The number of aromatic nitrogens is 3. The van der Waals surface area contributed by atoms with Crippen molar-refractivity contribution in [3.05, 3.63) is 168 Å².